The van der Waals surface area contributed by atoms with Gasteiger partial charge in [0.15, 0.2) is 5.56 Å². The Labute approximate surface area is 272 Å². The number of aromatic nitrogens is 2. The van der Waals surface area contributed by atoms with E-state index in [1.54, 1.807) is 18.2 Å². The number of nitrogens with zero attached hydrogens (tertiary/aromatic N) is 2. The molecule has 0 aliphatic heterocycles. The second kappa shape index (κ2) is 14.3. The molecule has 0 unspecified atom stereocenters. The van der Waals surface area contributed by atoms with Crippen molar-refractivity contribution in [2.24, 2.45) is 0 Å². The van der Waals surface area contributed by atoms with Crippen LogP contribution in [0.5, 0.6) is 5.88 Å². The van der Waals surface area contributed by atoms with Crippen LogP contribution < -0.4 is 10.9 Å². The number of rotatable bonds is 7. The molecule has 0 bridgehead atoms. The van der Waals surface area contributed by atoms with Crippen LogP contribution in [-0.2, 0) is 11.3 Å². The summed E-state index contributed by atoms with van der Waals surface area (Å²) in [7, 11) is 0. The average molecular weight is 572 g/mol. The van der Waals surface area contributed by atoms with Crippen molar-refractivity contribution in [2.45, 2.75) is 6.54 Å². The van der Waals surface area contributed by atoms with E-state index < -0.39 is 35.4 Å². The minimum atomic E-state index is -1.31. The number of amides is 1. The summed E-state index contributed by atoms with van der Waals surface area (Å²) >= 11 is 12.7. The monoisotopic (exact) mass is 571 g/mol. The number of aromatic hydroxyl groups is 1. The number of carbonyl (C=O) groups excluding carboxylic acids is 1. The zero-order valence-corrected chi connectivity index (χ0v) is 20.1. The maximum absolute atomic E-state index is 13.5. The number of aliphatic carboxylic acids is 1. The first-order valence-electron chi connectivity index (χ1n) is 10.7. The summed E-state index contributed by atoms with van der Waals surface area (Å²) in [5, 5.41) is 21.8. The fourth-order valence-electron chi connectivity index (χ4n) is 3.65. The molecule has 0 spiro atoms. The van der Waals surface area contributed by atoms with Gasteiger partial charge in [0.2, 0.25) is 5.88 Å². The number of benzene rings is 3. The summed E-state index contributed by atoms with van der Waals surface area (Å²) in [4.78, 5) is 40.9. The number of carbonyl (C=O) groups is 2. The first kappa shape index (κ1) is 32.1. The third kappa shape index (κ3) is 7.28. The second-order valence-corrected chi connectivity index (χ2v) is 8.58. The van der Waals surface area contributed by atoms with Crippen LogP contribution in [0.2, 0.25) is 10.0 Å². The van der Waals surface area contributed by atoms with Crippen molar-refractivity contribution in [1.29, 1.82) is 0 Å². The Balaban J connectivity index is 0.00000253. The van der Waals surface area contributed by atoms with Crippen LogP contribution in [0.25, 0.3) is 22.5 Å². The van der Waals surface area contributed by atoms with E-state index >= 15 is 0 Å². The molecule has 1 amide bonds. The molecular formula is C26H21Cl2N3Na2O5. The molecular weight excluding hydrogens is 551 g/mol. The van der Waals surface area contributed by atoms with E-state index in [1.807, 2.05) is 54.6 Å². The van der Waals surface area contributed by atoms with Gasteiger partial charge in [0.1, 0.15) is 12.4 Å². The average Bonchev–Trinajstić information content (AvgIpc) is 2.85. The molecule has 186 valence electrons. The molecule has 0 atom stereocenters. The standard InChI is InChI=1S/C26H19Cl2N3O5.2Na.2H/c27-18-7-4-8-19(28)21(18)23-30-25(35)22(24(34)29-13-20(32)33)26(36)31(23)14-15-9-11-17(12-10-15)16-5-2-1-3-6-16;;;;/h1-12,35H,13-14H2,(H,29,34)(H,32,33);;;;. The molecule has 1 heterocycles. The van der Waals surface area contributed by atoms with Crippen LogP contribution in [0.3, 0.4) is 0 Å². The third-order valence-corrected chi connectivity index (χ3v) is 6.00. The molecule has 0 radical (unpaired) electrons. The van der Waals surface area contributed by atoms with Gasteiger partial charge in [0, 0.05) is 0 Å². The van der Waals surface area contributed by atoms with Crippen molar-refractivity contribution in [1.82, 2.24) is 14.9 Å². The van der Waals surface area contributed by atoms with Gasteiger partial charge < -0.3 is 15.5 Å². The Morgan fingerprint density at radius 1 is 0.868 bits per heavy atom. The van der Waals surface area contributed by atoms with Crippen molar-refractivity contribution in [2.75, 3.05) is 6.54 Å². The number of carboxylic acids is 1. The quantitative estimate of drug-likeness (QED) is 0.293. The minimum absolute atomic E-state index is 0. The molecule has 1 aromatic heterocycles. The zero-order valence-electron chi connectivity index (χ0n) is 18.6. The van der Waals surface area contributed by atoms with Gasteiger partial charge in [-0.1, -0.05) is 83.9 Å². The molecule has 8 nitrogen and oxygen atoms in total. The molecule has 0 fully saturated rings. The zero-order chi connectivity index (χ0) is 25.8. The fourth-order valence-corrected chi connectivity index (χ4v) is 4.22. The normalized spacial score (nSPS) is 10.2. The Hall–Kier alpha value is -2.14. The maximum atomic E-state index is 13.5. The molecule has 3 aromatic carbocycles. The Morgan fingerprint density at radius 2 is 1.45 bits per heavy atom. The summed E-state index contributed by atoms with van der Waals surface area (Å²) in [6, 6.07) is 21.9. The third-order valence-electron chi connectivity index (χ3n) is 5.37. The van der Waals surface area contributed by atoms with Gasteiger partial charge in [-0.25, -0.2) is 0 Å². The molecule has 12 heteroatoms. The molecule has 0 aliphatic carbocycles. The molecule has 0 aliphatic rings. The van der Waals surface area contributed by atoms with E-state index in [-0.39, 0.29) is 87.1 Å². The predicted octanol–water partition coefficient (Wildman–Crippen LogP) is 3.16. The van der Waals surface area contributed by atoms with Crippen molar-refractivity contribution < 1.29 is 19.8 Å². The van der Waals surface area contributed by atoms with Crippen LogP contribution >= 0.6 is 23.2 Å². The van der Waals surface area contributed by atoms with Gasteiger partial charge in [-0.3, -0.25) is 19.0 Å². The second-order valence-electron chi connectivity index (χ2n) is 7.76. The van der Waals surface area contributed by atoms with Crippen LogP contribution in [0.1, 0.15) is 15.9 Å². The number of halogens is 2. The van der Waals surface area contributed by atoms with E-state index in [0.717, 1.165) is 11.1 Å². The molecule has 4 rings (SSSR count). The van der Waals surface area contributed by atoms with Gasteiger partial charge >= 0.3 is 65.1 Å². The van der Waals surface area contributed by atoms with Gasteiger partial charge in [-0.15, -0.1) is 0 Å². The Morgan fingerprint density at radius 3 is 2.03 bits per heavy atom. The van der Waals surface area contributed by atoms with Crippen molar-refractivity contribution in [3.8, 4) is 28.4 Å². The van der Waals surface area contributed by atoms with Crippen LogP contribution in [-0.4, -0.2) is 97.3 Å². The fraction of sp³-hybridized carbons (Fsp3) is 0.0769. The van der Waals surface area contributed by atoms with E-state index in [2.05, 4.69) is 10.3 Å². The number of hydrogen-bond donors (Lipinski definition) is 3. The van der Waals surface area contributed by atoms with Crippen LogP contribution in [0, 0.1) is 0 Å². The Bertz CT molecular complexity index is 1490. The molecule has 0 saturated heterocycles. The van der Waals surface area contributed by atoms with Crippen molar-refractivity contribution in [3.05, 3.63) is 104 Å². The van der Waals surface area contributed by atoms with Crippen LogP contribution in [0.4, 0.5) is 0 Å². The summed E-state index contributed by atoms with van der Waals surface area (Å²) in [6.07, 6.45) is 0. The number of carboxylic acid groups (broad SMARTS) is 1. The van der Waals surface area contributed by atoms with Gasteiger partial charge in [-0.05, 0) is 28.8 Å². The van der Waals surface area contributed by atoms with E-state index in [0.29, 0.717) is 5.56 Å². The first-order valence-corrected chi connectivity index (χ1v) is 11.4. The van der Waals surface area contributed by atoms with Crippen LogP contribution in [0.15, 0.2) is 77.6 Å². The number of hydrogen-bond acceptors (Lipinski definition) is 5. The summed E-state index contributed by atoms with van der Waals surface area (Å²) in [5.74, 6) is -3.30. The molecule has 38 heavy (non-hydrogen) atoms. The topological polar surface area (TPSA) is 122 Å². The van der Waals surface area contributed by atoms with E-state index in [1.165, 1.54) is 4.57 Å². The SMILES string of the molecule is O=C(O)CNC(=O)c1c(O)nc(-c2c(Cl)cccc2Cl)n(Cc2ccc(-c3ccccc3)cc2)c1=O.[NaH].[NaH]. The molecule has 0 saturated carbocycles. The van der Waals surface area contributed by atoms with Crippen molar-refractivity contribution >= 4 is 94.2 Å². The van der Waals surface area contributed by atoms with E-state index in [4.69, 9.17) is 28.3 Å². The summed E-state index contributed by atoms with van der Waals surface area (Å²) in [6.45, 7) is -0.770. The first-order chi connectivity index (χ1) is 17.3. The summed E-state index contributed by atoms with van der Waals surface area (Å²) < 4.78 is 1.17. The van der Waals surface area contributed by atoms with Crippen molar-refractivity contribution in [3.63, 3.8) is 0 Å². The van der Waals surface area contributed by atoms with Gasteiger partial charge in [0.25, 0.3) is 11.5 Å². The predicted molar refractivity (Wildman–Crippen MR) is 151 cm³/mol. The Kier molecular flexibility index (Phi) is 12.1. The number of nitrogens with one attached hydrogen (secondary N) is 1. The molecule has 3 N–H and O–H groups in total. The summed E-state index contributed by atoms with van der Waals surface area (Å²) in [5.41, 5.74) is 1.32. The van der Waals surface area contributed by atoms with Gasteiger partial charge in [-0.2, -0.15) is 4.98 Å². The van der Waals surface area contributed by atoms with E-state index in [9.17, 15) is 19.5 Å². The molecule has 4 aromatic rings. The van der Waals surface area contributed by atoms with Gasteiger partial charge in [0.05, 0.1) is 22.2 Å².